The summed E-state index contributed by atoms with van der Waals surface area (Å²) in [5.74, 6) is 0. The summed E-state index contributed by atoms with van der Waals surface area (Å²) in [4.78, 5) is 1.24. The fourth-order valence-electron chi connectivity index (χ4n) is 1.26. The van der Waals surface area contributed by atoms with Crippen LogP contribution in [-0.4, -0.2) is 0 Å². The molecule has 0 fully saturated rings. The Labute approximate surface area is 89.7 Å². The third kappa shape index (κ3) is 1.77. The lowest BCUT2D eigenvalue weighted by Crippen LogP contribution is -2.01. The van der Waals surface area contributed by atoms with E-state index in [2.05, 4.69) is 40.2 Å². The Kier molecular flexibility index (Phi) is 2.41. The van der Waals surface area contributed by atoms with Gasteiger partial charge in [-0.1, -0.05) is 15.9 Å². The lowest BCUT2D eigenvalue weighted by molar-refractivity contribution is 0.839. The van der Waals surface area contributed by atoms with Crippen LogP contribution in [0.4, 0.5) is 0 Å². The first kappa shape index (κ1) is 9.19. The second-order valence-electron chi connectivity index (χ2n) is 3.12. The van der Waals surface area contributed by atoms with Gasteiger partial charge in [0.05, 0.1) is 0 Å². The van der Waals surface area contributed by atoms with Gasteiger partial charge in [-0.2, -0.15) is 0 Å². The van der Waals surface area contributed by atoms with Crippen LogP contribution >= 0.6 is 27.3 Å². The van der Waals surface area contributed by atoms with Crippen molar-refractivity contribution in [1.29, 1.82) is 0 Å². The van der Waals surface area contributed by atoms with Crippen LogP contribution in [0.3, 0.4) is 0 Å². The summed E-state index contributed by atoms with van der Waals surface area (Å²) in [6.45, 7) is 2.01. The van der Waals surface area contributed by atoms with Crippen molar-refractivity contribution in [3.63, 3.8) is 0 Å². The average Bonchev–Trinajstić information content (AvgIpc) is 2.46. The van der Waals surface area contributed by atoms with Gasteiger partial charge in [-0.25, -0.2) is 0 Å². The standard InChI is InChI=1S/C10H10BrNS/c1-6(12)10-5-7-4-8(11)2-3-9(7)13-10/h2-6H,12H2,1H3/t6-/m0/s1. The van der Waals surface area contributed by atoms with E-state index in [4.69, 9.17) is 5.73 Å². The van der Waals surface area contributed by atoms with Crippen molar-refractivity contribution in [2.24, 2.45) is 5.73 Å². The maximum Gasteiger partial charge on any atom is 0.0361 e. The van der Waals surface area contributed by atoms with Crippen LogP contribution in [0.1, 0.15) is 17.8 Å². The first-order valence-corrected chi connectivity index (χ1v) is 5.72. The van der Waals surface area contributed by atoms with E-state index in [1.54, 1.807) is 11.3 Å². The van der Waals surface area contributed by atoms with Gasteiger partial charge in [-0.3, -0.25) is 0 Å². The Morgan fingerprint density at radius 1 is 1.38 bits per heavy atom. The van der Waals surface area contributed by atoms with Gasteiger partial charge in [0.25, 0.3) is 0 Å². The monoisotopic (exact) mass is 255 g/mol. The minimum Gasteiger partial charge on any atom is -0.324 e. The Morgan fingerprint density at radius 3 is 2.85 bits per heavy atom. The quantitative estimate of drug-likeness (QED) is 0.827. The highest BCUT2D eigenvalue weighted by atomic mass is 79.9. The van der Waals surface area contributed by atoms with Crippen LogP contribution in [0, 0.1) is 0 Å². The number of hydrogen-bond acceptors (Lipinski definition) is 2. The van der Waals surface area contributed by atoms with Crippen LogP contribution in [0.15, 0.2) is 28.7 Å². The van der Waals surface area contributed by atoms with Gasteiger partial charge in [-0.15, -0.1) is 11.3 Å². The van der Waals surface area contributed by atoms with Gasteiger partial charge >= 0.3 is 0 Å². The van der Waals surface area contributed by atoms with Gasteiger partial charge in [0.2, 0.25) is 0 Å². The summed E-state index contributed by atoms with van der Waals surface area (Å²) < 4.78 is 2.42. The summed E-state index contributed by atoms with van der Waals surface area (Å²) in [6, 6.07) is 8.60. The SMILES string of the molecule is C[C@H](N)c1cc2cc(Br)ccc2s1. The highest BCUT2D eigenvalue weighted by Gasteiger charge is 2.05. The first-order chi connectivity index (χ1) is 6.16. The van der Waals surface area contributed by atoms with Crippen LogP contribution in [-0.2, 0) is 0 Å². The fourth-order valence-corrected chi connectivity index (χ4v) is 2.64. The lowest BCUT2D eigenvalue weighted by atomic mass is 10.2. The molecule has 1 aromatic carbocycles. The maximum atomic E-state index is 5.81. The molecule has 0 saturated carbocycles. The Hall–Kier alpha value is -0.380. The van der Waals surface area contributed by atoms with Crippen molar-refractivity contribution in [3.8, 4) is 0 Å². The molecule has 3 heteroatoms. The third-order valence-electron chi connectivity index (χ3n) is 1.95. The average molecular weight is 256 g/mol. The van der Waals surface area contributed by atoms with E-state index in [1.807, 2.05) is 6.92 Å². The normalized spacial score (nSPS) is 13.5. The van der Waals surface area contributed by atoms with E-state index in [0.29, 0.717) is 0 Å². The highest BCUT2D eigenvalue weighted by Crippen LogP contribution is 2.30. The van der Waals surface area contributed by atoms with Crippen molar-refractivity contribution in [2.75, 3.05) is 0 Å². The third-order valence-corrected chi connectivity index (χ3v) is 3.76. The summed E-state index contributed by atoms with van der Waals surface area (Å²) in [7, 11) is 0. The lowest BCUT2D eigenvalue weighted by Gasteiger charge is -1.96. The van der Waals surface area contributed by atoms with E-state index >= 15 is 0 Å². The molecule has 0 radical (unpaired) electrons. The Morgan fingerprint density at radius 2 is 2.15 bits per heavy atom. The number of halogens is 1. The molecule has 2 rings (SSSR count). The molecule has 68 valence electrons. The molecule has 13 heavy (non-hydrogen) atoms. The molecule has 0 unspecified atom stereocenters. The van der Waals surface area contributed by atoms with Crippen LogP contribution in [0.5, 0.6) is 0 Å². The van der Waals surface area contributed by atoms with Crippen molar-refractivity contribution in [1.82, 2.24) is 0 Å². The van der Waals surface area contributed by atoms with Crippen LogP contribution in [0.25, 0.3) is 10.1 Å². The van der Waals surface area contributed by atoms with E-state index < -0.39 is 0 Å². The zero-order chi connectivity index (χ0) is 9.42. The van der Waals surface area contributed by atoms with Crippen LogP contribution in [0.2, 0.25) is 0 Å². The smallest absolute Gasteiger partial charge is 0.0361 e. The molecule has 1 aromatic heterocycles. The molecule has 2 N–H and O–H groups in total. The minimum absolute atomic E-state index is 0.135. The van der Waals surface area contributed by atoms with E-state index in [1.165, 1.54) is 15.0 Å². The second-order valence-corrected chi connectivity index (χ2v) is 5.15. The largest absolute Gasteiger partial charge is 0.324 e. The van der Waals surface area contributed by atoms with Gasteiger partial charge in [0.1, 0.15) is 0 Å². The molecule has 0 aliphatic rings. The van der Waals surface area contributed by atoms with E-state index in [0.717, 1.165) is 4.47 Å². The van der Waals surface area contributed by atoms with Crippen molar-refractivity contribution < 1.29 is 0 Å². The molecular weight excluding hydrogens is 246 g/mol. The van der Waals surface area contributed by atoms with Crippen LogP contribution < -0.4 is 5.73 Å². The minimum atomic E-state index is 0.135. The summed E-state index contributed by atoms with van der Waals surface area (Å²) >= 11 is 5.22. The molecule has 0 spiro atoms. The number of hydrogen-bond donors (Lipinski definition) is 1. The maximum absolute atomic E-state index is 5.81. The number of fused-ring (bicyclic) bond motifs is 1. The number of nitrogens with two attached hydrogens (primary N) is 1. The zero-order valence-corrected chi connectivity index (χ0v) is 9.65. The molecule has 1 nitrogen and oxygen atoms in total. The summed E-state index contributed by atoms with van der Waals surface area (Å²) in [5, 5.41) is 1.27. The molecule has 0 bridgehead atoms. The summed E-state index contributed by atoms with van der Waals surface area (Å²) in [5.41, 5.74) is 5.81. The predicted molar refractivity (Wildman–Crippen MR) is 62.1 cm³/mol. The summed E-state index contributed by atoms with van der Waals surface area (Å²) in [6.07, 6.45) is 0. The first-order valence-electron chi connectivity index (χ1n) is 4.11. The van der Waals surface area contributed by atoms with Gasteiger partial charge in [-0.05, 0) is 36.6 Å². The van der Waals surface area contributed by atoms with Gasteiger partial charge < -0.3 is 5.73 Å². The molecule has 0 aliphatic carbocycles. The Balaban J connectivity index is 2.62. The predicted octanol–water partition coefficient (Wildman–Crippen LogP) is 3.68. The number of benzene rings is 1. The fraction of sp³-hybridized carbons (Fsp3) is 0.200. The molecule has 1 atom stereocenters. The topological polar surface area (TPSA) is 26.0 Å². The van der Waals surface area contributed by atoms with Crippen molar-refractivity contribution >= 4 is 37.4 Å². The molecule has 0 saturated heterocycles. The molecular formula is C10H10BrNS. The van der Waals surface area contributed by atoms with E-state index in [9.17, 15) is 0 Å². The zero-order valence-electron chi connectivity index (χ0n) is 7.25. The molecule has 0 amide bonds. The van der Waals surface area contributed by atoms with Crippen molar-refractivity contribution in [3.05, 3.63) is 33.6 Å². The second kappa shape index (κ2) is 3.40. The number of thiophene rings is 1. The van der Waals surface area contributed by atoms with E-state index in [-0.39, 0.29) is 6.04 Å². The van der Waals surface area contributed by atoms with Gasteiger partial charge in [0, 0.05) is 20.1 Å². The highest BCUT2D eigenvalue weighted by molar-refractivity contribution is 9.10. The number of rotatable bonds is 1. The Bertz CT molecular complexity index is 433. The van der Waals surface area contributed by atoms with Crippen molar-refractivity contribution in [2.45, 2.75) is 13.0 Å². The van der Waals surface area contributed by atoms with Gasteiger partial charge in [0.15, 0.2) is 0 Å². The molecule has 2 aromatic rings. The molecule has 0 aliphatic heterocycles. The molecule has 1 heterocycles.